The fourth-order valence-electron chi connectivity index (χ4n) is 3.93. The van der Waals surface area contributed by atoms with Gasteiger partial charge in [-0.1, -0.05) is 43.2 Å². The van der Waals surface area contributed by atoms with E-state index >= 15 is 0 Å². The van der Waals surface area contributed by atoms with E-state index < -0.39 is 0 Å². The van der Waals surface area contributed by atoms with Crippen LogP contribution in [0.2, 0.25) is 6.32 Å². The fraction of sp³-hybridized carbons (Fsp3) is 0.684. The molecule has 0 bridgehead atoms. The maximum Gasteiger partial charge on any atom is 0.458 e. The van der Waals surface area contributed by atoms with E-state index in [-0.39, 0.29) is 18.3 Å². The molecular weight excluding hydrogens is 271 g/mol. The third-order valence-corrected chi connectivity index (χ3v) is 5.95. The molecule has 2 aliphatic rings. The number of hydrogen-bond acceptors (Lipinski definition) is 2. The molecule has 1 aromatic carbocycles. The zero-order valence-corrected chi connectivity index (χ0v) is 14.5. The van der Waals surface area contributed by atoms with Crippen LogP contribution in [0.5, 0.6) is 0 Å². The Balaban J connectivity index is 1.77. The van der Waals surface area contributed by atoms with Gasteiger partial charge in [0.1, 0.15) is 0 Å². The lowest BCUT2D eigenvalue weighted by molar-refractivity contribution is 0.00578. The number of benzene rings is 1. The van der Waals surface area contributed by atoms with Crippen molar-refractivity contribution >= 4 is 7.12 Å². The molecule has 3 heteroatoms. The lowest BCUT2D eigenvalue weighted by Crippen LogP contribution is -2.41. The summed E-state index contributed by atoms with van der Waals surface area (Å²) in [6, 6.07) is 11.0. The van der Waals surface area contributed by atoms with Gasteiger partial charge in [-0.2, -0.15) is 0 Å². The Kier molecular flexibility index (Phi) is 4.39. The molecule has 0 aromatic heterocycles. The summed E-state index contributed by atoms with van der Waals surface area (Å²) in [5.74, 6) is 1.33. The highest BCUT2D eigenvalue weighted by Crippen LogP contribution is 2.44. The van der Waals surface area contributed by atoms with Crippen molar-refractivity contribution in [1.82, 2.24) is 0 Å². The first-order valence-electron chi connectivity index (χ1n) is 8.80. The molecule has 2 nitrogen and oxygen atoms in total. The van der Waals surface area contributed by atoms with Crippen molar-refractivity contribution in [2.24, 2.45) is 5.92 Å². The Morgan fingerprint density at radius 2 is 1.55 bits per heavy atom. The molecule has 22 heavy (non-hydrogen) atoms. The van der Waals surface area contributed by atoms with Gasteiger partial charge < -0.3 is 9.31 Å². The van der Waals surface area contributed by atoms with Crippen LogP contribution in [0.4, 0.5) is 0 Å². The van der Waals surface area contributed by atoms with Gasteiger partial charge in [0.2, 0.25) is 0 Å². The van der Waals surface area contributed by atoms with Gasteiger partial charge in [-0.15, -0.1) is 0 Å². The van der Waals surface area contributed by atoms with Crippen molar-refractivity contribution in [3.63, 3.8) is 0 Å². The van der Waals surface area contributed by atoms with Gasteiger partial charge in [-0.05, 0) is 64.3 Å². The molecule has 0 radical (unpaired) electrons. The standard InChI is InChI=1S/C19H29BO2/c1-18(2)19(3,4)22-20(21-18)14-17(16-12-8-9-13-16)15-10-6-5-7-11-15/h5-7,10-11,16-17H,8-9,12-14H2,1-4H3. The van der Waals surface area contributed by atoms with E-state index in [0.29, 0.717) is 5.92 Å². The zero-order chi connectivity index (χ0) is 15.8. The molecule has 1 unspecified atom stereocenters. The van der Waals surface area contributed by atoms with Gasteiger partial charge in [0, 0.05) is 0 Å². The van der Waals surface area contributed by atoms with E-state index in [1.165, 1.54) is 31.2 Å². The Morgan fingerprint density at radius 3 is 2.09 bits per heavy atom. The average molecular weight is 300 g/mol. The number of hydrogen-bond donors (Lipinski definition) is 0. The molecule has 1 aliphatic carbocycles. The van der Waals surface area contributed by atoms with E-state index in [4.69, 9.17) is 9.31 Å². The minimum atomic E-state index is -0.228. The van der Waals surface area contributed by atoms with Crippen molar-refractivity contribution in [2.45, 2.75) is 76.8 Å². The van der Waals surface area contributed by atoms with Gasteiger partial charge in [-0.25, -0.2) is 0 Å². The topological polar surface area (TPSA) is 18.5 Å². The van der Waals surface area contributed by atoms with Crippen molar-refractivity contribution < 1.29 is 9.31 Å². The van der Waals surface area contributed by atoms with Crippen LogP contribution in [-0.4, -0.2) is 18.3 Å². The van der Waals surface area contributed by atoms with E-state index in [9.17, 15) is 0 Å². The zero-order valence-electron chi connectivity index (χ0n) is 14.5. The normalized spacial score (nSPS) is 25.5. The largest absolute Gasteiger partial charge is 0.458 e. The summed E-state index contributed by atoms with van der Waals surface area (Å²) in [5, 5.41) is 0. The Labute approximate surface area is 135 Å². The van der Waals surface area contributed by atoms with Gasteiger partial charge in [0.15, 0.2) is 0 Å². The summed E-state index contributed by atoms with van der Waals surface area (Å²) in [6.45, 7) is 8.56. The molecule has 1 heterocycles. The lowest BCUT2D eigenvalue weighted by Gasteiger charge is -2.32. The first-order chi connectivity index (χ1) is 10.4. The van der Waals surface area contributed by atoms with Gasteiger partial charge in [0.25, 0.3) is 0 Å². The van der Waals surface area contributed by atoms with Crippen LogP contribution in [0.25, 0.3) is 0 Å². The Morgan fingerprint density at radius 1 is 1.00 bits per heavy atom. The van der Waals surface area contributed by atoms with Crippen molar-refractivity contribution in [1.29, 1.82) is 0 Å². The Hall–Kier alpha value is -0.795. The molecule has 1 aromatic rings. The van der Waals surface area contributed by atoms with Gasteiger partial charge >= 0.3 is 7.12 Å². The predicted molar refractivity (Wildman–Crippen MR) is 92.0 cm³/mol. The second-order valence-corrected chi connectivity index (χ2v) is 7.98. The van der Waals surface area contributed by atoms with Crippen LogP contribution in [0.15, 0.2) is 30.3 Å². The quantitative estimate of drug-likeness (QED) is 0.724. The summed E-state index contributed by atoms with van der Waals surface area (Å²) in [7, 11) is -0.0872. The van der Waals surface area contributed by atoms with Crippen LogP contribution < -0.4 is 0 Å². The first kappa shape index (κ1) is 16.1. The maximum absolute atomic E-state index is 6.25. The molecule has 2 fully saturated rings. The molecule has 3 rings (SSSR count). The highest BCUT2D eigenvalue weighted by Gasteiger charge is 2.51. The summed E-state index contributed by atoms with van der Waals surface area (Å²) in [5.41, 5.74) is 0.993. The highest BCUT2D eigenvalue weighted by atomic mass is 16.7. The van der Waals surface area contributed by atoms with Crippen LogP contribution >= 0.6 is 0 Å². The molecule has 1 aliphatic heterocycles. The predicted octanol–water partition coefficient (Wildman–Crippen LogP) is 5.05. The minimum Gasteiger partial charge on any atom is -0.403 e. The molecule has 0 spiro atoms. The molecule has 0 amide bonds. The van der Waals surface area contributed by atoms with Crippen molar-refractivity contribution in [3.8, 4) is 0 Å². The van der Waals surface area contributed by atoms with Crippen LogP contribution in [0, 0.1) is 5.92 Å². The van der Waals surface area contributed by atoms with Crippen molar-refractivity contribution in [3.05, 3.63) is 35.9 Å². The molecule has 120 valence electrons. The van der Waals surface area contributed by atoms with Gasteiger partial charge in [-0.3, -0.25) is 0 Å². The van der Waals surface area contributed by atoms with Crippen LogP contribution in [0.1, 0.15) is 64.9 Å². The first-order valence-corrected chi connectivity index (χ1v) is 8.80. The lowest BCUT2D eigenvalue weighted by atomic mass is 9.69. The SMILES string of the molecule is CC1(C)OB(CC(c2ccccc2)C2CCCC2)OC1(C)C. The summed E-state index contributed by atoms with van der Waals surface area (Å²) >= 11 is 0. The van der Waals surface area contributed by atoms with Crippen LogP contribution in [0.3, 0.4) is 0 Å². The smallest absolute Gasteiger partial charge is 0.403 e. The summed E-state index contributed by atoms with van der Waals surface area (Å²) in [4.78, 5) is 0. The van der Waals surface area contributed by atoms with E-state index in [2.05, 4.69) is 58.0 Å². The summed E-state index contributed by atoms with van der Waals surface area (Å²) < 4.78 is 12.5. The fourth-order valence-corrected chi connectivity index (χ4v) is 3.93. The summed E-state index contributed by atoms with van der Waals surface area (Å²) in [6.07, 6.45) is 6.41. The van der Waals surface area contributed by atoms with E-state index in [1.807, 2.05) is 0 Å². The maximum atomic E-state index is 6.25. The molecule has 1 saturated heterocycles. The van der Waals surface area contributed by atoms with Gasteiger partial charge in [0.05, 0.1) is 11.2 Å². The second-order valence-electron chi connectivity index (χ2n) is 7.98. The number of rotatable bonds is 4. The van der Waals surface area contributed by atoms with Crippen molar-refractivity contribution in [2.75, 3.05) is 0 Å². The van der Waals surface area contributed by atoms with E-state index in [1.54, 1.807) is 0 Å². The Bertz CT molecular complexity index is 475. The highest BCUT2D eigenvalue weighted by molar-refractivity contribution is 6.45. The second kappa shape index (κ2) is 6.01. The molecule has 1 saturated carbocycles. The average Bonchev–Trinajstić information content (AvgIpc) is 3.04. The third kappa shape index (κ3) is 3.11. The molecule has 1 atom stereocenters. The molecule has 0 N–H and O–H groups in total. The monoisotopic (exact) mass is 300 g/mol. The van der Waals surface area contributed by atoms with E-state index in [0.717, 1.165) is 12.2 Å². The minimum absolute atomic E-state index is 0.0872. The molecular formula is C19H29BO2. The third-order valence-electron chi connectivity index (χ3n) is 5.95. The van der Waals surface area contributed by atoms with Crippen LogP contribution in [-0.2, 0) is 9.31 Å².